The van der Waals surface area contributed by atoms with Crippen LogP contribution in [0.15, 0.2) is 54.9 Å². The molecule has 3 aromatic rings. The molecule has 0 fully saturated rings. The normalized spacial score (nSPS) is 10.6. The Kier molecular flexibility index (Phi) is 2.50. The number of hydrogen-bond donors (Lipinski definition) is 0. The SMILES string of the molecule is Clc1cccc(-c2cncc3ccccc23)n1. The van der Waals surface area contributed by atoms with Crippen LogP contribution in [-0.2, 0) is 0 Å². The summed E-state index contributed by atoms with van der Waals surface area (Å²) >= 11 is 5.91. The van der Waals surface area contributed by atoms with E-state index in [-0.39, 0.29) is 0 Å². The summed E-state index contributed by atoms with van der Waals surface area (Å²) < 4.78 is 0. The first-order valence-electron chi connectivity index (χ1n) is 5.30. The monoisotopic (exact) mass is 240 g/mol. The van der Waals surface area contributed by atoms with E-state index in [2.05, 4.69) is 16.0 Å². The van der Waals surface area contributed by atoms with Gasteiger partial charge in [-0.3, -0.25) is 4.98 Å². The van der Waals surface area contributed by atoms with Crippen LogP contribution in [0.2, 0.25) is 5.15 Å². The van der Waals surface area contributed by atoms with Gasteiger partial charge in [-0.25, -0.2) is 4.98 Å². The number of fused-ring (bicyclic) bond motifs is 1. The number of benzene rings is 1. The Morgan fingerprint density at radius 2 is 1.76 bits per heavy atom. The van der Waals surface area contributed by atoms with E-state index >= 15 is 0 Å². The predicted molar refractivity (Wildman–Crippen MR) is 70.0 cm³/mol. The average Bonchev–Trinajstić information content (AvgIpc) is 2.38. The van der Waals surface area contributed by atoms with Gasteiger partial charge >= 0.3 is 0 Å². The van der Waals surface area contributed by atoms with Crippen LogP contribution in [0.1, 0.15) is 0 Å². The topological polar surface area (TPSA) is 25.8 Å². The van der Waals surface area contributed by atoms with E-state index in [0.717, 1.165) is 22.0 Å². The van der Waals surface area contributed by atoms with Crippen LogP contribution in [0, 0.1) is 0 Å². The lowest BCUT2D eigenvalue weighted by atomic mass is 10.1. The molecule has 2 nitrogen and oxygen atoms in total. The van der Waals surface area contributed by atoms with Crippen LogP contribution in [0.3, 0.4) is 0 Å². The van der Waals surface area contributed by atoms with Crippen molar-refractivity contribution in [1.82, 2.24) is 9.97 Å². The van der Waals surface area contributed by atoms with Crippen molar-refractivity contribution in [3.63, 3.8) is 0 Å². The van der Waals surface area contributed by atoms with Crippen molar-refractivity contribution in [1.29, 1.82) is 0 Å². The van der Waals surface area contributed by atoms with Crippen LogP contribution in [0.5, 0.6) is 0 Å². The molecule has 0 N–H and O–H groups in total. The van der Waals surface area contributed by atoms with Crippen LogP contribution in [-0.4, -0.2) is 9.97 Å². The lowest BCUT2D eigenvalue weighted by Gasteiger charge is -2.05. The maximum absolute atomic E-state index is 5.91. The predicted octanol–water partition coefficient (Wildman–Crippen LogP) is 3.95. The van der Waals surface area contributed by atoms with Crippen LogP contribution in [0.25, 0.3) is 22.0 Å². The molecule has 0 aliphatic rings. The maximum Gasteiger partial charge on any atom is 0.129 e. The summed E-state index contributed by atoms with van der Waals surface area (Å²) in [5, 5.41) is 2.74. The molecule has 3 heteroatoms. The molecule has 2 aromatic heterocycles. The molecule has 0 unspecified atom stereocenters. The highest BCUT2D eigenvalue weighted by molar-refractivity contribution is 6.29. The zero-order valence-corrected chi connectivity index (χ0v) is 9.72. The number of rotatable bonds is 1. The first-order valence-corrected chi connectivity index (χ1v) is 5.68. The van der Waals surface area contributed by atoms with Crippen molar-refractivity contribution in [2.75, 3.05) is 0 Å². The van der Waals surface area contributed by atoms with Gasteiger partial charge in [-0.05, 0) is 17.5 Å². The number of pyridine rings is 2. The number of halogens is 1. The van der Waals surface area contributed by atoms with E-state index in [1.807, 2.05) is 42.7 Å². The molecule has 0 bridgehead atoms. The first kappa shape index (κ1) is 10.2. The van der Waals surface area contributed by atoms with Gasteiger partial charge in [0.05, 0.1) is 5.69 Å². The minimum Gasteiger partial charge on any atom is -0.263 e. The van der Waals surface area contributed by atoms with Gasteiger partial charge in [0.1, 0.15) is 5.15 Å². The fourth-order valence-electron chi connectivity index (χ4n) is 1.88. The van der Waals surface area contributed by atoms with Gasteiger partial charge in [0.2, 0.25) is 0 Å². The maximum atomic E-state index is 5.91. The molecule has 0 spiro atoms. The van der Waals surface area contributed by atoms with Crippen molar-refractivity contribution < 1.29 is 0 Å². The molecular weight excluding hydrogens is 232 g/mol. The Balaban J connectivity index is 2.30. The molecule has 0 atom stereocenters. The molecule has 0 radical (unpaired) electrons. The fourth-order valence-corrected chi connectivity index (χ4v) is 2.04. The molecule has 3 rings (SSSR count). The first-order chi connectivity index (χ1) is 8.34. The smallest absolute Gasteiger partial charge is 0.129 e. The van der Waals surface area contributed by atoms with E-state index in [9.17, 15) is 0 Å². The van der Waals surface area contributed by atoms with Crippen LogP contribution < -0.4 is 0 Å². The second-order valence-corrected chi connectivity index (χ2v) is 4.14. The zero-order chi connectivity index (χ0) is 11.7. The summed E-state index contributed by atoms with van der Waals surface area (Å²) in [7, 11) is 0. The largest absolute Gasteiger partial charge is 0.263 e. The van der Waals surface area contributed by atoms with E-state index in [1.165, 1.54) is 0 Å². The lowest BCUT2D eigenvalue weighted by molar-refractivity contribution is 1.30. The summed E-state index contributed by atoms with van der Waals surface area (Å²) in [4.78, 5) is 8.55. The summed E-state index contributed by atoms with van der Waals surface area (Å²) in [5.41, 5.74) is 1.85. The van der Waals surface area contributed by atoms with E-state index in [1.54, 1.807) is 6.07 Å². The third kappa shape index (κ3) is 1.87. The Morgan fingerprint density at radius 3 is 2.65 bits per heavy atom. The quantitative estimate of drug-likeness (QED) is 0.602. The molecule has 0 saturated heterocycles. The lowest BCUT2D eigenvalue weighted by Crippen LogP contribution is -1.87. The third-order valence-corrected chi connectivity index (χ3v) is 2.87. The molecule has 0 aliphatic carbocycles. The highest BCUT2D eigenvalue weighted by Crippen LogP contribution is 2.26. The molecule has 0 amide bonds. The van der Waals surface area contributed by atoms with Gasteiger partial charge < -0.3 is 0 Å². The molecular formula is C14H9ClN2. The van der Waals surface area contributed by atoms with Crippen molar-refractivity contribution in [2.45, 2.75) is 0 Å². The zero-order valence-electron chi connectivity index (χ0n) is 8.97. The Hall–Kier alpha value is -1.93. The molecule has 2 heterocycles. The number of nitrogens with zero attached hydrogens (tertiary/aromatic N) is 2. The highest BCUT2D eigenvalue weighted by Gasteiger charge is 2.05. The van der Waals surface area contributed by atoms with E-state index in [0.29, 0.717) is 5.15 Å². The van der Waals surface area contributed by atoms with Gasteiger partial charge in [0, 0.05) is 23.3 Å². The molecule has 82 valence electrons. The van der Waals surface area contributed by atoms with E-state index in [4.69, 9.17) is 11.6 Å². The van der Waals surface area contributed by atoms with Crippen LogP contribution in [0.4, 0.5) is 0 Å². The highest BCUT2D eigenvalue weighted by atomic mass is 35.5. The Labute approximate surface area is 104 Å². The Morgan fingerprint density at radius 1 is 0.882 bits per heavy atom. The standard InChI is InChI=1S/C14H9ClN2/c15-14-7-3-6-13(17-14)12-9-16-8-10-4-1-2-5-11(10)12/h1-9H. The van der Waals surface area contributed by atoms with Gasteiger partial charge in [0.15, 0.2) is 0 Å². The average molecular weight is 241 g/mol. The second kappa shape index (κ2) is 4.15. The molecule has 0 aliphatic heterocycles. The number of hydrogen-bond acceptors (Lipinski definition) is 2. The Bertz CT molecular complexity index is 674. The van der Waals surface area contributed by atoms with Crippen molar-refractivity contribution >= 4 is 22.4 Å². The van der Waals surface area contributed by atoms with Gasteiger partial charge in [-0.2, -0.15) is 0 Å². The van der Waals surface area contributed by atoms with Crippen molar-refractivity contribution in [2.24, 2.45) is 0 Å². The minimum atomic E-state index is 0.496. The number of aromatic nitrogens is 2. The minimum absolute atomic E-state index is 0.496. The summed E-state index contributed by atoms with van der Waals surface area (Å²) in [6.07, 6.45) is 3.67. The molecule has 17 heavy (non-hydrogen) atoms. The summed E-state index contributed by atoms with van der Waals surface area (Å²) in [6, 6.07) is 13.7. The fraction of sp³-hybridized carbons (Fsp3) is 0. The summed E-state index contributed by atoms with van der Waals surface area (Å²) in [5.74, 6) is 0. The van der Waals surface area contributed by atoms with Gasteiger partial charge in [-0.15, -0.1) is 0 Å². The van der Waals surface area contributed by atoms with Gasteiger partial charge in [0.25, 0.3) is 0 Å². The van der Waals surface area contributed by atoms with Crippen molar-refractivity contribution in [3.8, 4) is 11.3 Å². The van der Waals surface area contributed by atoms with E-state index < -0.39 is 0 Å². The molecule has 0 saturated carbocycles. The summed E-state index contributed by atoms with van der Waals surface area (Å²) in [6.45, 7) is 0. The molecule has 1 aromatic carbocycles. The van der Waals surface area contributed by atoms with Gasteiger partial charge in [-0.1, -0.05) is 41.9 Å². The third-order valence-electron chi connectivity index (χ3n) is 2.66. The van der Waals surface area contributed by atoms with Crippen molar-refractivity contribution in [3.05, 3.63) is 60.0 Å². The van der Waals surface area contributed by atoms with Crippen LogP contribution >= 0.6 is 11.6 Å². The second-order valence-electron chi connectivity index (χ2n) is 3.75.